The van der Waals surface area contributed by atoms with Gasteiger partial charge < -0.3 is 96.3 Å². The molecule has 468 valence electrons. The number of aliphatic hydroxyl groups is 5. The molecule has 8 amide bonds. The summed E-state index contributed by atoms with van der Waals surface area (Å²) in [5, 5.41) is 71.1. The number of esters is 1. The van der Waals surface area contributed by atoms with E-state index in [9.17, 15) is 73.5 Å². The molecule has 1 fully saturated rings. The van der Waals surface area contributed by atoms with Gasteiger partial charge in [0, 0.05) is 47.5 Å². The van der Waals surface area contributed by atoms with Crippen molar-refractivity contribution in [2.45, 2.75) is 113 Å². The molecule has 0 bridgehead atoms. The number of fused-ring (bicyclic) bond motifs is 5. The molecule has 3 aliphatic heterocycles. The molecule has 0 unspecified atom stereocenters. The Labute approximate surface area is 494 Å². The van der Waals surface area contributed by atoms with E-state index >= 15 is 4.39 Å². The van der Waals surface area contributed by atoms with E-state index in [1.165, 1.54) is 23.8 Å². The van der Waals surface area contributed by atoms with Crippen molar-refractivity contribution in [2.24, 2.45) is 0 Å². The van der Waals surface area contributed by atoms with Crippen LogP contribution in [0.5, 0.6) is 5.75 Å². The minimum Gasteiger partial charge on any atom is -0.493 e. The van der Waals surface area contributed by atoms with Gasteiger partial charge in [0.15, 0.2) is 17.2 Å². The standard InChI is InChI=1S/C56H67FN10O20/c1-4-56(82)30-15-36-46-28(21-67(36)53(79)29(30)23-86-54(56)80)45-32(11-10-27-44(45)34(65-46)16-31(57)50(27)83-2)63-43(73)24-85-25-62-41(71)19-61-52(78)35(14-26-8-6-5-7-9-26)64-42(72)20-59-40(70)18-60-51(77)33(66-55(81)84-3)12-13-39(69)58-17-37-47(74)49(76)48(75)38(22-68)87-37/h5-9,15-16,32-33,35,37-38,47-49,68,74-76,82H,4,10-14,17-25H2,1-3H3,(H,58,69)(H,59,70)(H,60,77)(H,61,78)(H,62,71)(H,63,73)(H,64,72)(H,66,81)/t32-,33-,35-,37-,38+,47-,48+,49+,56-/m0/s1. The van der Waals surface area contributed by atoms with E-state index in [0.717, 1.165) is 7.11 Å². The topological polar surface area (TPSA) is 432 Å². The average molecular weight is 1220 g/mol. The number of halogens is 1. The third kappa shape index (κ3) is 14.4. The van der Waals surface area contributed by atoms with Crippen molar-refractivity contribution < 1.29 is 96.8 Å². The number of methoxy groups -OCH3 is 2. The monoisotopic (exact) mass is 1220 g/mol. The second-order valence-corrected chi connectivity index (χ2v) is 20.9. The van der Waals surface area contributed by atoms with Crippen LogP contribution in [-0.2, 0) is 88.9 Å². The molecule has 0 spiro atoms. The lowest BCUT2D eigenvalue weighted by Gasteiger charge is -2.40. The second kappa shape index (κ2) is 28.2. The molecule has 8 rings (SSSR count). The fourth-order valence-electron chi connectivity index (χ4n) is 10.8. The first-order valence-electron chi connectivity index (χ1n) is 27.7. The summed E-state index contributed by atoms with van der Waals surface area (Å²) >= 11 is 0. The van der Waals surface area contributed by atoms with Gasteiger partial charge in [-0.15, -0.1) is 0 Å². The van der Waals surface area contributed by atoms with Crippen LogP contribution >= 0.6 is 0 Å². The number of pyridine rings is 2. The Morgan fingerprint density at radius 2 is 1.51 bits per heavy atom. The molecule has 2 aromatic carbocycles. The molecule has 2 aromatic heterocycles. The van der Waals surface area contributed by atoms with Crippen LogP contribution in [0.2, 0.25) is 0 Å². The number of amides is 8. The molecule has 5 heterocycles. The van der Waals surface area contributed by atoms with E-state index in [-0.39, 0.29) is 79.9 Å². The number of alkyl carbamates (subject to hydrolysis) is 1. The van der Waals surface area contributed by atoms with E-state index in [4.69, 9.17) is 23.9 Å². The highest BCUT2D eigenvalue weighted by Crippen LogP contribution is 2.47. The highest BCUT2D eigenvalue weighted by atomic mass is 19.1. The zero-order valence-corrected chi connectivity index (χ0v) is 47.4. The number of rotatable bonds is 25. The maximum absolute atomic E-state index is 15.6. The molecule has 0 radical (unpaired) electrons. The quantitative estimate of drug-likeness (QED) is 0.0150. The predicted octanol–water partition coefficient (Wildman–Crippen LogP) is -4.04. The van der Waals surface area contributed by atoms with E-state index in [1.807, 2.05) is 0 Å². The van der Waals surface area contributed by atoms with Crippen molar-refractivity contribution in [3.63, 3.8) is 0 Å². The van der Waals surface area contributed by atoms with Crippen LogP contribution in [0.25, 0.3) is 22.3 Å². The summed E-state index contributed by atoms with van der Waals surface area (Å²) in [6.07, 6.45) is -8.69. The number of nitrogens with zero attached hydrogens (tertiary/aromatic N) is 2. The molecule has 1 aliphatic carbocycles. The van der Waals surface area contributed by atoms with Gasteiger partial charge in [-0.2, -0.15) is 0 Å². The molecule has 4 aromatic rings. The molecule has 30 nitrogen and oxygen atoms in total. The zero-order valence-electron chi connectivity index (χ0n) is 47.4. The second-order valence-electron chi connectivity index (χ2n) is 20.9. The SMILES string of the molecule is CC[C@@]1(O)C(=O)OCc2c1cc1n(c2=O)Cc2c-1nc1cc(F)c(OC)c3c1c2[C@@H](NC(=O)COCNC(=O)CNC(=O)[C@H](Cc1ccccc1)NC(=O)CNC(=O)CNC(=O)[C@H](CCC(=O)NC[C@@H]1O[C@H](CO)[C@@H](O)[C@H](O)[C@H]1O)NC(=O)OC)CC3. The minimum atomic E-state index is -2.09. The maximum Gasteiger partial charge on any atom is 0.407 e. The summed E-state index contributed by atoms with van der Waals surface area (Å²) in [7, 11) is 2.36. The molecule has 87 heavy (non-hydrogen) atoms. The Bertz CT molecular complexity index is 3390. The Morgan fingerprint density at radius 3 is 2.20 bits per heavy atom. The summed E-state index contributed by atoms with van der Waals surface area (Å²) < 4.78 is 43.1. The van der Waals surface area contributed by atoms with Gasteiger partial charge in [0.1, 0.15) is 62.5 Å². The highest BCUT2D eigenvalue weighted by molar-refractivity contribution is 5.96. The minimum absolute atomic E-state index is 0.00153. The van der Waals surface area contributed by atoms with E-state index in [2.05, 4.69) is 47.3 Å². The van der Waals surface area contributed by atoms with Crippen molar-refractivity contribution >= 4 is 64.3 Å². The molecule has 1 saturated heterocycles. The fourth-order valence-corrected chi connectivity index (χ4v) is 10.8. The first-order valence-corrected chi connectivity index (χ1v) is 27.7. The van der Waals surface area contributed by atoms with Crippen LogP contribution in [0.3, 0.4) is 0 Å². The summed E-state index contributed by atoms with van der Waals surface area (Å²) in [4.78, 5) is 135. The van der Waals surface area contributed by atoms with E-state index < -0.39 is 165 Å². The van der Waals surface area contributed by atoms with Gasteiger partial charge in [-0.05, 0) is 42.9 Å². The predicted molar refractivity (Wildman–Crippen MR) is 296 cm³/mol. The number of aliphatic hydroxyl groups excluding tert-OH is 4. The van der Waals surface area contributed by atoms with Gasteiger partial charge >= 0.3 is 12.1 Å². The molecular weight excluding hydrogens is 1150 g/mol. The smallest absolute Gasteiger partial charge is 0.407 e. The van der Waals surface area contributed by atoms with Crippen LogP contribution in [-0.4, -0.2) is 191 Å². The van der Waals surface area contributed by atoms with Crippen molar-refractivity contribution in [3.05, 3.63) is 92.0 Å². The Morgan fingerprint density at radius 1 is 0.816 bits per heavy atom. The number of ether oxygens (including phenoxy) is 5. The molecule has 4 aliphatic rings. The largest absolute Gasteiger partial charge is 0.493 e. The van der Waals surface area contributed by atoms with Gasteiger partial charge in [-0.1, -0.05) is 37.3 Å². The van der Waals surface area contributed by atoms with Crippen LogP contribution in [0, 0.1) is 5.82 Å². The normalized spacial score (nSPS) is 21.3. The number of aromatic nitrogens is 2. The Balaban J connectivity index is 0.806. The van der Waals surface area contributed by atoms with Crippen molar-refractivity contribution in [2.75, 3.05) is 60.3 Å². The highest BCUT2D eigenvalue weighted by Gasteiger charge is 2.47. The number of hydrogen-bond donors (Lipinski definition) is 13. The van der Waals surface area contributed by atoms with Crippen LogP contribution in [0.1, 0.15) is 72.0 Å². The van der Waals surface area contributed by atoms with Gasteiger partial charge in [0.2, 0.25) is 41.4 Å². The van der Waals surface area contributed by atoms with Gasteiger partial charge in [0.05, 0.1) is 75.5 Å². The molecular formula is C56H67FN10O20. The number of carbonyl (C=O) groups is 9. The molecule has 0 saturated carbocycles. The molecule has 13 N–H and O–H groups in total. The van der Waals surface area contributed by atoms with Crippen molar-refractivity contribution in [3.8, 4) is 17.1 Å². The number of benzene rings is 2. The lowest BCUT2D eigenvalue weighted by molar-refractivity contribution is -0.227. The number of cyclic esters (lactones) is 1. The van der Waals surface area contributed by atoms with Crippen LogP contribution in [0.4, 0.5) is 9.18 Å². The summed E-state index contributed by atoms with van der Waals surface area (Å²) in [5.74, 6) is -7.06. The average Bonchev–Trinajstić information content (AvgIpc) is 1.65. The summed E-state index contributed by atoms with van der Waals surface area (Å²) in [5.41, 5.74) is 0.593. The van der Waals surface area contributed by atoms with Gasteiger partial charge in [-0.25, -0.2) is 19.0 Å². The number of carbonyl (C=O) groups excluding carboxylic acids is 9. The van der Waals surface area contributed by atoms with Crippen LogP contribution < -0.4 is 52.8 Å². The number of nitrogens with one attached hydrogen (secondary N) is 8. The maximum atomic E-state index is 15.6. The summed E-state index contributed by atoms with van der Waals surface area (Å²) in [6.45, 7) is -2.87. The third-order valence-corrected chi connectivity index (χ3v) is 15.4. The molecule has 31 heteroatoms. The Hall–Kier alpha value is -8.72. The Kier molecular flexibility index (Phi) is 20.8. The number of aryl methyl sites for hydroxylation is 1. The zero-order chi connectivity index (χ0) is 62.9. The van der Waals surface area contributed by atoms with E-state index in [0.29, 0.717) is 33.3 Å². The van der Waals surface area contributed by atoms with Crippen molar-refractivity contribution in [1.82, 2.24) is 52.1 Å². The van der Waals surface area contributed by atoms with Crippen LogP contribution in [0.15, 0.2) is 47.3 Å². The molecule has 9 atom stereocenters. The first kappa shape index (κ1) is 64.3. The lowest BCUT2D eigenvalue weighted by Crippen LogP contribution is -2.60. The summed E-state index contributed by atoms with van der Waals surface area (Å²) in [6, 6.07) is 7.81. The lowest BCUT2D eigenvalue weighted by atomic mass is 9.82. The van der Waals surface area contributed by atoms with E-state index in [1.54, 1.807) is 37.3 Å². The third-order valence-electron chi connectivity index (χ3n) is 15.4. The van der Waals surface area contributed by atoms with Crippen molar-refractivity contribution in [1.29, 1.82) is 0 Å². The van der Waals surface area contributed by atoms with Gasteiger partial charge in [-0.3, -0.25) is 38.4 Å². The fraction of sp³-hybridized carbons (Fsp3) is 0.482. The number of hydrogen-bond acceptors (Lipinski definition) is 21. The first-order chi connectivity index (χ1) is 41.6. The van der Waals surface area contributed by atoms with Gasteiger partial charge in [0.25, 0.3) is 5.56 Å².